The molecular formula is C18H18F4N3O3+. The minimum Gasteiger partial charge on any atom is -0.346 e. The van der Waals surface area contributed by atoms with Crippen LogP contribution in [0.25, 0.3) is 10.9 Å². The van der Waals surface area contributed by atoms with E-state index in [1.165, 1.54) is 13.0 Å². The van der Waals surface area contributed by atoms with E-state index in [0.717, 1.165) is 12.1 Å². The van der Waals surface area contributed by atoms with Crippen molar-refractivity contribution in [3.05, 3.63) is 50.7 Å². The fourth-order valence-corrected chi connectivity index (χ4v) is 3.47. The van der Waals surface area contributed by atoms with E-state index in [-0.39, 0.29) is 21.2 Å². The molecule has 2 heterocycles. The summed E-state index contributed by atoms with van der Waals surface area (Å²) in [5, 5.41) is 2.22. The molecule has 0 radical (unpaired) electrons. The fourth-order valence-electron chi connectivity index (χ4n) is 3.47. The number of nitrogens with one attached hydrogen (secondary N) is 2. The van der Waals surface area contributed by atoms with Crippen molar-refractivity contribution in [1.82, 2.24) is 10.3 Å². The summed E-state index contributed by atoms with van der Waals surface area (Å²) in [4.78, 5) is 38.5. The van der Waals surface area contributed by atoms with Crippen molar-refractivity contribution in [3.63, 3.8) is 0 Å². The molecule has 3 rings (SSSR count). The van der Waals surface area contributed by atoms with Crippen molar-refractivity contribution in [2.24, 2.45) is 0 Å². The zero-order valence-electron chi connectivity index (χ0n) is 14.8. The summed E-state index contributed by atoms with van der Waals surface area (Å²) >= 11 is 0. The maximum absolute atomic E-state index is 14.0. The number of benzene rings is 1. The molecule has 2 aromatic rings. The molecule has 0 saturated carbocycles. The molecule has 0 bridgehead atoms. The van der Waals surface area contributed by atoms with Crippen LogP contribution in [0.3, 0.4) is 0 Å². The fraction of sp³-hybridized carbons (Fsp3) is 0.444. The maximum atomic E-state index is 14.0. The van der Waals surface area contributed by atoms with Gasteiger partial charge < -0.3 is 10.3 Å². The predicted octanol–water partition coefficient (Wildman–Crippen LogP) is 2.08. The van der Waals surface area contributed by atoms with E-state index < -0.39 is 66.9 Å². The molecule has 28 heavy (non-hydrogen) atoms. The normalized spacial score (nSPS) is 23.6. The zero-order valence-corrected chi connectivity index (χ0v) is 14.8. The highest BCUT2D eigenvalue weighted by Crippen LogP contribution is 2.22. The number of hydrogen-bond donors (Lipinski definition) is 2. The van der Waals surface area contributed by atoms with Gasteiger partial charge in [0, 0.05) is 27.0 Å². The van der Waals surface area contributed by atoms with Crippen molar-refractivity contribution >= 4 is 16.8 Å². The zero-order chi connectivity index (χ0) is 20.6. The SMILES string of the molecule is C[C@@H](NC(=O)Cc1cc2c(F)c(F)ccc2[nH]c1=O)C1C(F)CC(F)C[N+]1=O. The Morgan fingerprint density at radius 3 is 2.75 bits per heavy atom. The van der Waals surface area contributed by atoms with Gasteiger partial charge in [0.05, 0.1) is 18.0 Å². The Balaban J connectivity index is 1.76. The number of pyridine rings is 1. The molecule has 6 nitrogen and oxygen atoms in total. The summed E-state index contributed by atoms with van der Waals surface area (Å²) in [6.45, 7) is 0.915. The molecule has 2 N–H and O–H groups in total. The van der Waals surface area contributed by atoms with Crippen LogP contribution in [-0.4, -0.2) is 46.6 Å². The molecular weight excluding hydrogens is 382 g/mol. The Bertz CT molecular complexity index is 994. The molecule has 1 aromatic carbocycles. The van der Waals surface area contributed by atoms with Crippen LogP contribution in [0, 0.1) is 16.5 Å². The Hall–Kier alpha value is -2.78. The molecule has 1 aliphatic rings. The first-order chi connectivity index (χ1) is 13.2. The van der Waals surface area contributed by atoms with E-state index in [4.69, 9.17) is 0 Å². The van der Waals surface area contributed by atoms with Crippen molar-refractivity contribution < 1.29 is 27.1 Å². The van der Waals surface area contributed by atoms with Crippen molar-refractivity contribution in [3.8, 4) is 0 Å². The summed E-state index contributed by atoms with van der Waals surface area (Å²) in [5.41, 5.74) is -0.704. The van der Waals surface area contributed by atoms with Crippen LogP contribution < -0.4 is 10.9 Å². The molecule has 0 aliphatic carbocycles. The Morgan fingerprint density at radius 2 is 2.07 bits per heavy atom. The number of nitroso groups, excluding NO2 is 1. The van der Waals surface area contributed by atoms with Gasteiger partial charge in [0.25, 0.3) is 11.6 Å². The number of H-pyrrole nitrogens is 1. The minimum atomic E-state index is -1.75. The molecule has 1 amide bonds. The lowest BCUT2D eigenvalue weighted by Crippen LogP contribution is -2.55. The summed E-state index contributed by atoms with van der Waals surface area (Å²) in [5.74, 6) is -2.97. The second-order valence-corrected chi connectivity index (χ2v) is 6.92. The van der Waals surface area contributed by atoms with E-state index >= 15 is 0 Å². The number of fused-ring (bicyclic) bond motifs is 1. The van der Waals surface area contributed by atoms with Crippen LogP contribution in [0.2, 0.25) is 0 Å². The van der Waals surface area contributed by atoms with Gasteiger partial charge >= 0.3 is 0 Å². The van der Waals surface area contributed by atoms with Gasteiger partial charge in [-0.1, -0.05) is 0 Å². The van der Waals surface area contributed by atoms with Crippen LogP contribution in [0.5, 0.6) is 0 Å². The average molecular weight is 400 g/mol. The smallest absolute Gasteiger partial charge is 0.252 e. The third-order valence-electron chi connectivity index (χ3n) is 4.81. The number of aromatic amines is 1. The van der Waals surface area contributed by atoms with Crippen LogP contribution in [0.1, 0.15) is 18.9 Å². The third-order valence-corrected chi connectivity index (χ3v) is 4.81. The summed E-state index contributed by atoms with van der Waals surface area (Å²) in [7, 11) is 0. The highest BCUT2D eigenvalue weighted by Gasteiger charge is 2.47. The molecule has 0 spiro atoms. The van der Waals surface area contributed by atoms with Gasteiger partial charge in [-0.15, -0.1) is 0 Å². The van der Waals surface area contributed by atoms with Gasteiger partial charge in [0.2, 0.25) is 12.5 Å². The molecule has 3 unspecified atom stereocenters. The van der Waals surface area contributed by atoms with Crippen molar-refractivity contribution in [2.45, 2.75) is 44.2 Å². The van der Waals surface area contributed by atoms with Gasteiger partial charge in [0.1, 0.15) is 0 Å². The lowest BCUT2D eigenvalue weighted by Gasteiger charge is -2.25. The van der Waals surface area contributed by atoms with Gasteiger partial charge in [0.15, 0.2) is 24.0 Å². The van der Waals surface area contributed by atoms with Gasteiger partial charge in [-0.2, -0.15) is 0 Å². The quantitative estimate of drug-likeness (QED) is 0.609. The van der Waals surface area contributed by atoms with E-state index in [2.05, 4.69) is 10.3 Å². The minimum absolute atomic E-state index is 0.0756. The number of halogens is 4. The van der Waals surface area contributed by atoms with E-state index in [0.29, 0.717) is 0 Å². The topological polar surface area (TPSA) is 82.0 Å². The highest BCUT2D eigenvalue weighted by molar-refractivity contribution is 5.83. The Morgan fingerprint density at radius 1 is 1.36 bits per heavy atom. The monoisotopic (exact) mass is 400 g/mol. The Labute approximate surface area is 156 Å². The van der Waals surface area contributed by atoms with Gasteiger partial charge in [-0.25, -0.2) is 17.6 Å². The summed E-state index contributed by atoms with van der Waals surface area (Å²) < 4.78 is 54.8. The van der Waals surface area contributed by atoms with E-state index in [9.17, 15) is 32.1 Å². The maximum Gasteiger partial charge on any atom is 0.252 e. The first-order valence-corrected chi connectivity index (χ1v) is 8.68. The molecule has 4 atom stereocenters. The van der Waals surface area contributed by atoms with E-state index in [1.54, 1.807) is 0 Å². The number of aromatic nitrogens is 1. The molecule has 1 fully saturated rings. The number of alkyl halides is 2. The number of carbonyl (C=O) groups excluding carboxylic acids is 1. The average Bonchev–Trinajstić information content (AvgIpc) is 2.58. The number of piperidine rings is 1. The van der Waals surface area contributed by atoms with Crippen LogP contribution >= 0.6 is 0 Å². The highest BCUT2D eigenvalue weighted by atomic mass is 19.2. The van der Waals surface area contributed by atoms with E-state index in [1.807, 2.05) is 0 Å². The number of carbonyl (C=O) groups is 1. The molecule has 1 saturated heterocycles. The molecule has 1 aromatic heterocycles. The lowest BCUT2D eigenvalue weighted by molar-refractivity contribution is -0.611. The number of amides is 1. The van der Waals surface area contributed by atoms with Gasteiger partial charge in [-0.3, -0.25) is 9.59 Å². The van der Waals surface area contributed by atoms with Crippen LogP contribution in [0.4, 0.5) is 17.6 Å². The van der Waals surface area contributed by atoms with Crippen LogP contribution in [0.15, 0.2) is 23.0 Å². The molecule has 1 aliphatic heterocycles. The first-order valence-electron chi connectivity index (χ1n) is 8.68. The lowest BCUT2D eigenvalue weighted by atomic mass is 9.95. The molecule has 150 valence electrons. The predicted molar refractivity (Wildman–Crippen MR) is 92.5 cm³/mol. The Kier molecular flexibility index (Phi) is 5.48. The summed E-state index contributed by atoms with van der Waals surface area (Å²) in [6, 6.07) is 0.948. The number of nitrogens with zero attached hydrogens (tertiary/aromatic N) is 1. The standard InChI is InChI=1S/C18H17F4N3O3/c1-8(17-13(21)6-10(19)7-25(17)28)23-15(26)5-9-4-11-14(24-18(9)27)3-2-12(20)16(11)22/h2-4,8,10,13,17H,5-7H2,1H3,(H-,23,24,26,27)/p+1/t8-,10?,13?,17?/m1/s1. The first kappa shape index (κ1) is 20.0. The largest absolute Gasteiger partial charge is 0.346 e. The number of hydrogen-bond acceptors (Lipinski definition) is 3. The van der Waals surface area contributed by atoms with Crippen LogP contribution in [-0.2, 0) is 11.2 Å². The van der Waals surface area contributed by atoms with Gasteiger partial charge in [-0.05, 0) is 25.1 Å². The second kappa shape index (κ2) is 7.69. The second-order valence-electron chi connectivity index (χ2n) is 6.92. The van der Waals surface area contributed by atoms with Crippen molar-refractivity contribution in [2.75, 3.05) is 6.54 Å². The van der Waals surface area contributed by atoms with Crippen molar-refractivity contribution in [1.29, 1.82) is 0 Å². The number of rotatable bonds is 4. The summed E-state index contributed by atoms with van der Waals surface area (Å²) in [6.07, 6.45) is -4.24. The third kappa shape index (κ3) is 3.90. The molecule has 10 heteroatoms.